The largest absolute Gasteiger partial charge is 0.573 e. The summed E-state index contributed by atoms with van der Waals surface area (Å²) in [6.45, 7) is 0. The number of anilines is 1. The fraction of sp³-hybridized carbons (Fsp3) is 0.167. The van der Waals surface area contributed by atoms with E-state index < -0.39 is 46.7 Å². The molecule has 0 unspecified atom stereocenters. The van der Waals surface area contributed by atoms with Crippen molar-refractivity contribution in [1.82, 2.24) is 9.55 Å². The molecule has 0 radical (unpaired) electrons. The maximum Gasteiger partial charge on any atom is 0.573 e. The highest BCUT2D eigenvalue weighted by Crippen LogP contribution is 2.32. The standard InChI is InChI=1S/C12H6F7N3O2S/c13-6-1-5(24-12(17,18)19)2-7(21-25)10(6)22-4-20-8(3-9(22)23)11(14,15)16/h1-4,21,25H. The molecule has 13 heteroatoms. The zero-order chi connectivity index (χ0) is 19.0. The summed E-state index contributed by atoms with van der Waals surface area (Å²) in [6, 6.07) is 1.08. The van der Waals surface area contributed by atoms with Crippen LogP contribution in [0.2, 0.25) is 0 Å². The molecule has 2 aromatic rings. The van der Waals surface area contributed by atoms with Gasteiger partial charge in [0.1, 0.15) is 17.8 Å². The van der Waals surface area contributed by atoms with E-state index in [1.54, 1.807) is 0 Å². The second-order valence-corrected chi connectivity index (χ2v) is 4.66. The molecule has 2 rings (SSSR count). The number of halogens is 7. The summed E-state index contributed by atoms with van der Waals surface area (Å²) >= 11 is 3.57. The van der Waals surface area contributed by atoms with Crippen LogP contribution < -0.4 is 15.0 Å². The molecule has 0 fully saturated rings. The van der Waals surface area contributed by atoms with Gasteiger partial charge in [-0.1, -0.05) is 12.8 Å². The van der Waals surface area contributed by atoms with Gasteiger partial charge in [0.05, 0.1) is 5.69 Å². The summed E-state index contributed by atoms with van der Waals surface area (Å²) in [5.41, 5.74) is -3.97. The Morgan fingerprint density at radius 3 is 2.24 bits per heavy atom. The summed E-state index contributed by atoms with van der Waals surface area (Å²) < 4.78 is 94.2. The van der Waals surface area contributed by atoms with Gasteiger partial charge in [-0.3, -0.25) is 9.36 Å². The molecule has 0 atom stereocenters. The molecular weight excluding hydrogens is 383 g/mol. The Hall–Kier alpha value is -2.44. The number of thiol groups is 1. The van der Waals surface area contributed by atoms with Crippen LogP contribution in [0.15, 0.2) is 29.3 Å². The van der Waals surface area contributed by atoms with E-state index in [1.807, 2.05) is 4.72 Å². The molecule has 0 aliphatic rings. The second-order valence-electron chi connectivity index (χ2n) is 4.44. The molecule has 5 nitrogen and oxygen atoms in total. The van der Waals surface area contributed by atoms with Crippen LogP contribution in [0.3, 0.4) is 0 Å². The lowest BCUT2D eigenvalue weighted by Crippen LogP contribution is -2.23. The van der Waals surface area contributed by atoms with Crippen molar-refractivity contribution >= 4 is 18.5 Å². The minimum absolute atomic E-state index is 0.113. The average molecular weight is 389 g/mol. The van der Waals surface area contributed by atoms with E-state index in [0.29, 0.717) is 23.0 Å². The quantitative estimate of drug-likeness (QED) is 0.623. The molecule has 0 amide bonds. The van der Waals surface area contributed by atoms with Gasteiger partial charge in [-0.2, -0.15) is 13.2 Å². The predicted molar refractivity (Wildman–Crippen MR) is 74.1 cm³/mol. The van der Waals surface area contributed by atoms with Crippen LogP contribution in [-0.4, -0.2) is 15.9 Å². The van der Waals surface area contributed by atoms with Gasteiger partial charge in [0.15, 0.2) is 11.5 Å². The number of nitrogens with zero attached hydrogens (tertiary/aromatic N) is 2. The fourth-order valence-electron chi connectivity index (χ4n) is 1.82. The molecule has 1 aromatic carbocycles. The maximum absolute atomic E-state index is 14.1. The average Bonchev–Trinajstić information content (AvgIpc) is 2.44. The van der Waals surface area contributed by atoms with Crippen molar-refractivity contribution in [1.29, 1.82) is 0 Å². The van der Waals surface area contributed by atoms with Gasteiger partial charge in [0, 0.05) is 18.2 Å². The third-order valence-electron chi connectivity index (χ3n) is 2.73. The number of rotatable bonds is 3. The summed E-state index contributed by atoms with van der Waals surface area (Å²) in [5, 5.41) is 0. The zero-order valence-corrected chi connectivity index (χ0v) is 12.5. The first kappa shape index (κ1) is 18.9. The van der Waals surface area contributed by atoms with Crippen LogP contribution in [0.4, 0.5) is 36.4 Å². The van der Waals surface area contributed by atoms with Crippen LogP contribution >= 0.6 is 12.8 Å². The van der Waals surface area contributed by atoms with Crippen LogP contribution in [0.1, 0.15) is 5.69 Å². The first-order valence-corrected chi connectivity index (χ1v) is 6.53. The smallest absolute Gasteiger partial charge is 0.406 e. The molecule has 1 heterocycles. The highest BCUT2D eigenvalue weighted by atomic mass is 32.1. The monoisotopic (exact) mass is 389 g/mol. The van der Waals surface area contributed by atoms with E-state index in [2.05, 4.69) is 22.5 Å². The van der Waals surface area contributed by atoms with E-state index in [0.717, 1.165) is 0 Å². The highest BCUT2D eigenvalue weighted by molar-refractivity contribution is 7.81. The number of alkyl halides is 6. The Morgan fingerprint density at radius 1 is 1.12 bits per heavy atom. The molecule has 25 heavy (non-hydrogen) atoms. The number of aromatic nitrogens is 2. The van der Waals surface area contributed by atoms with Crippen LogP contribution in [0, 0.1) is 5.82 Å². The number of benzene rings is 1. The SMILES string of the molecule is O=c1cc(C(F)(F)F)ncn1-c1c(F)cc(OC(F)(F)F)cc1NS. The lowest BCUT2D eigenvalue weighted by Gasteiger charge is -2.15. The van der Waals surface area contributed by atoms with Gasteiger partial charge >= 0.3 is 12.5 Å². The molecule has 0 aliphatic heterocycles. The van der Waals surface area contributed by atoms with Crippen LogP contribution in [-0.2, 0) is 6.18 Å². The van der Waals surface area contributed by atoms with Crippen molar-refractivity contribution in [2.24, 2.45) is 0 Å². The van der Waals surface area contributed by atoms with Crippen LogP contribution in [0.25, 0.3) is 5.69 Å². The van der Waals surface area contributed by atoms with E-state index in [4.69, 9.17) is 0 Å². The fourth-order valence-corrected chi connectivity index (χ4v) is 1.99. The number of nitrogens with one attached hydrogen (secondary N) is 1. The second kappa shape index (κ2) is 6.46. The minimum atomic E-state index is -5.10. The van der Waals surface area contributed by atoms with Crippen molar-refractivity contribution in [3.8, 4) is 11.4 Å². The maximum atomic E-state index is 14.1. The van der Waals surface area contributed by atoms with Gasteiger partial charge < -0.3 is 9.46 Å². The van der Waals surface area contributed by atoms with E-state index in [9.17, 15) is 35.5 Å². The number of ether oxygens (including phenoxy) is 1. The normalized spacial score (nSPS) is 12.2. The molecule has 1 aromatic heterocycles. The lowest BCUT2D eigenvalue weighted by atomic mass is 10.2. The van der Waals surface area contributed by atoms with E-state index >= 15 is 0 Å². The van der Waals surface area contributed by atoms with Crippen molar-refractivity contribution in [3.63, 3.8) is 0 Å². The Bertz CT molecular complexity index is 848. The molecule has 136 valence electrons. The summed E-state index contributed by atoms with van der Waals surface area (Å²) in [5.74, 6) is -2.35. The molecule has 0 bridgehead atoms. The lowest BCUT2D eigenvalue weighted by molar-refractivity contribution is -0.274. The van der Waals surface area contributed by atoms with Gasteiger partial charge in [-0.15, -0.1) is 13.2 Å². The van der Waals surface area contributed by atoms with Gasteiger partial charge in [-0.25, -0.2) is 9.37 Å². The summed E-state index contributed by atoms with van der Waals surface area (Å²) in [4.78, 5) is 14.8. The molecular formula is C12H6F7N3O2S. The number of hydrogen-bond acceptors (Lipinski definition) is 5. The van der Waals surface area contributed by atoms with Crippen molar-refractivity contribution in [3.05, 3.63) is 46.4 Å². The first-order chi connectivity index (χ1) is 11.4. The van der Waals surface area contributed by atoms with Gasteiger partial charge in [-0.05, 0) is 0 Å². The minimum Gasteiger partial charge on any atom is -0.406 e. The Morgan fingerprint density at radius 2 is 1.76 bits per heavy atom. The summed E-state index contributed by atoms with van der Waals surface area (Å²) in [6.07, 6.45) is -9.61. The highest BCUT2D eigenvalue weighted by Gasteiger charge is 2.34. The van der Waals surface area contributed by atoms with Gasteiger partial charge in [0.25, 0.3) is 5.56 Å². The first-order valence-electron chi connectivity index (χ1n) is 6.08. The Kier molecular flexibility index (Phi) is 4.88. The predicted octanol–water partition coefficient (Wildman–Crippen LogP) is 3.55. The molecule has 1 N–H and O–H groups in total. The van der Waals surface area contributed by atoms with Crippen molar-refractivity contribution < 1.29 is 35.5 Å². The Labute approximate surface area is 139 Å². The number of hydrogen-bond donors (Lipinski definition) is 2. The molecule has 0 aliphatic carbocycles. The Balaban J connectivity index is 2.58. The molecule has 0 spiro atoms. The third kappa shape index (κ3) is 4.35. The summed E-state index contributed by atoms with van der Waals surface area (Å²) in [7, 11) is 0. The molecule has 0 saturated carbocycles. The third-order valence-corrected chi connectivity index (χ3v) is 2.97. The van der Waals surface area contributed by atoms with Gasteiger partial charge in [0.2, 0.25) is 0 Å². The van der Waals surface area contributed by atoms with Crippen LogP contribution in [0.5, 0.6) is 5.75 Å². The zero-order valence-electron chi connectivity index (χ0n) is 11.6. The topological polar surface area (TPSA) is 56.2 Å². The van der Waals surface area contributed by atoms with Crippen molar-refractivity contribution in [2.75, 3.05) is 4.72 Å². The van der Waals surface area contributed by atoms with Crippen molar-refractivity contribution in [2.45, 2.75) is 12.5 Å². The van der Waals surface area contributed by atoms with E-state index in [-0.39, 0.29) is 6.07 Å². The van der Waals surface area contributed by atoms with E-state index in [1.165, 1.54) is 0 Å². The molecule has 0 saturated heterocycles.